The summed E-state index contributed by atoms with van der Waals surface area (Å²) in [6.45, 7) is 7.11. The molecule has 0 radical (unpaired) electrons. The summed E-state index contributed by atoms with van der Waals surface area (Å²) in [6, 6.07) is 0. The zero-order valence-electron chi connectivity index (χ0n) is 14.7. The van der Waals surface area contributed by atoms with Crippen LogP contribution in [0.1, 0.15) is 54.0 Å². The van der Waals surface area contributed by atoms with Crippen molar-refractivity contribution in [2.24, 2.45) is 5.92 Å². The van der Waals surface area contributed by atoms with Gasteiger partial charge in [-0.05, 0) is 24.7 Å². The Bertz CT molecular complexity index is 780. The molecule has 0 spiro atoms. The molecule has 0 fully saturated rings. The van der Waals surface area contributed by atoms with Gasteiger partial charge in [0.15, 0.2) is 5.13 Å². The molecule has 8 heteroatoms. The first kappa shape index (κ1) is 17.6. The van der Waals surface area contributed by atoms with Crippen molar-refractivity contribution in [2.75, 3.05) is 11.9 Å². The van der Waals surface area contributed by atoms with Crippen molar-refractivity contribution in [1.29, 1.82) is 0 Å². The minimum absolute atomic E-state index is 0.0261. The van der Waals surface area contributed by atoms with Gasteiger partial charge in [-0.2, -0.15) is 5.10 Å². The number of anilines is 1. The number of fused-ring (bicyclic) bond motifs is 1. The summed E-state index contributed by atoms with van der Waals surface area (Å²) in [7, 11) is 0. The fourth-order valence-electron chi connectivity index (χ4n) is 2.93. The average Bonchev–Trinajstić information content (AvgIpc) is 3.19. The Morgan fingerprint density at radius 3 is 2.88 bits per heavy atom. The molecule has 0 saturated heterocycles. The Hall–Kier alpha value is -2.22. The van der Waals surface area contributed by atoms with E-state index >= 15 is 0 Å². The lowest BCUT2D eigenvalue weighted by molar-refractivity contribution is -0.119. The smallest absolute Gasteiger partial charge is 0.260 e. The molecule has 1 unspecified atom stereocenters. The molecular formula is C17H23N5O2S. The highest BCUT2D eigenvalue weighted by Crippen LogP contribution is 2.27. The monoisotopic (exact) mass is 361 g/mol. The summed E-state index contributed by atoms with van der Waals surface area (Å²) >= 11 is 1.50. The van der Waals surface area contributed by atoms with Crippen molar-refractivity contribution >= 4 is 28.3 Å². The van der Waals surface area contributed by atoms with Gasteiger partial charge in [0.1, 0.15) is 0 Å². The number of carbonyl (C=O) groups excluding carboxylic acids is 2. The number of thiazole rings is 1. The first-order valence-corrected chi connectivity index (χ1v) is 9.32. The van der Waals surface area contributed by atoms with Gasteiger partial charge in [-0.1, -0.05) is 13.8 Å². The van der Waals surface area contributed by atoms with Crippen LogP contribution in [0.3, 0.4) is 0 Å². The SMILES string of the molecule is CC(=O)NCC1CCn2ncc(C(=O)Nc3ncc(C(C)C)s3)c2C1. The van der Waals surface area contributed by atoms with E-state index in [1.165, 1.54) is 18.3 Å². The number of nitrogens with one attached hydrogen (secondary N) is 2. The van der Waals surface area contributed by atoms with Gasteiger partial charge in [0.05, 0.1) is 17.5 Å². The van der Waals surface area contributed by atoms with E-state index in [2.05, 4.69) is 34.6 Å². The maximum absolute atomic E-state index is 12.6. The number of nitrogens with zero attached hydrogens (tertiary/aromatic N) is 3. The number of hydrogen-bond donors (Lipinski definition) is 2. The molecule has 1 aliphatic heterocycles. The van der Waals surface area contributed by atoms with Gasteiger partial charge < -0.3 is 5.32 Å². The molecule has 2 aromatic heterocycles. The number of aromatic nitrogens is 3. The molecule has 0 bridgehead atoms. The normalized spacial score (nSPS) is 16.6. The summed E-state index contributed by atoms with van der Waals surface area (Å²) in [5, 5.41) is 10.7. The van der Waals surface area contributed by atoms with Crippen LogP contribution in [-0.2, 0) is 17.8 Å². The highest BCUT2D eigenvalue weighted by Gasteiger charge is 2.25. The van der Waals surface area contributed by atoms with Gasteiger partial charge in [0.25, 0.3) is 5.91 Å². The zero-order chi connectivity index (χ0) is 18.0. The molecule has 25 heavy (non-hydrogen) atoms. The van der Waals surface area contributed by atoms with Crippen molar-refractivity contribution in [3.05, 3.63) is 28.5 Å². The van der Waals surface area contributed by atoms with E-state index in [1.54, 1.807) is 6.20 Å². The minimum atomic E-state index is -0.175. The average molecular weight is 361 g/mol. The van der Waals surface area contributed by atoms with Crippen molar-refractivity contribution < 1.29 is 9.59 Å². The van der Waals surface area contributed by atoms with E-state index in [-0.39, 0.29) is 11.8 Å². The van der Waals surface area contributed by atoms with E-state index in [0.717, 1.165) is 30.0 Å². The van der Waals surface area contributed by atoms with Gasteiger partial charge in [-0.3, -0.25) is 19.6 Å². The lowest BCUT2D eigenvalue weighted by Crippen LogP contribution is -2.32. The second kappa shape index (κ2) is 7.35. The van der Waals surface area contributed by atoms with Crippen LogP contribution in [0.25, 0.3) is 0 Å². The third-order valence-corrected chi connectivity index (χ3v) is 5.59. The predicted octanol–water partition coefficient (Wildman–Crippen LogP) is 2.41. The van der Waals surface area contributed by atoms with E-state index in [4.69, 9.17) is 0 Å². The Kier molecular flexibility index (Phi) is 5.17. The van der Waals surface area contributed by atoms with Crippen LogP contribution in [-0.4, -0.2) is 33.1 Å². The maximum atomic E-state index is 12.6. The van der Waals surface area contributed by atoms with E-state index in [0.29, 0.717) is 29.1 Å². The summed E-state index contributed by atoms with van der Waals surface area (Å²) < 4.78 is 1.89. The van der Waals surface area contributed by atoms with Crippen LogP contribution in [0, 0.1) is 5.92 Å². The second-order valence-corrected chi connectivity index (χ2v) is 7.76. The number of hydrogen-bond acceptors (Lipinski definition) is 5. The van der Waals surface area contributed by atoms with Crippen LogP contribution in [0.5, 0.6) is 0 Å². The molecule has 1 atom stereocenters. The number of rotatable bonds is 5. The fraction of sp³-hybridized carbons (Fsp3) is 0.529. The van der Waals surface area contributed by atoms with Crippen molar-refractivity contribution in [3.8, 4) is 0 Å². The number of amides is 2. The third-order valence-electron chi connectivity index (χ3n) is 4.38. The van der Waals surface area contributed by atoms with Gasteiger partial charge in [0, 0.05) is 31.1 Å². The van der Waals surface area contributed by atoms with Crippen LogP contribution < -0.4 is 10.6 Å². The number of aryl methyl sites for hydroxylation is 1. The summed E-state index contributed by atoms with van der Waals surface area (Å²) in [5.41, 5.74) is 1.52. The van der Waals surface area contributed by atoms with E-state index < -0.39 is 0 Å². The second-order valence-electron chi connectivity index (χ2n) is 6.70. The van der Waals surface area contributed by atoms with Crippen LogP contribution >= 0.6 is 11.3 Å². The van der Waals surface area contributed by atoms with Crippen molar-refractivity contribution in [1.82, 2.24) is 20.1 Å². The van der Waals surface area contributed by atoms with Crippen molar-refractivity contribution in [2.45, 2.75) is 46.1 Å². The molecule has 0 aliphatic carbocycles. The van der Waals surface area contributed by atoms with Crippen molar-refractivity contribution in [3.63, 3.8) is 0 Å². The molecule has 1 aliphatic rings. The summed E-state index contributed by atoms with van der Waals surface area (Å²) in [4.78, 5) is 29.2. The molecule has 2 N–H and O–H groups in total. The van der Waals surface area contributed by atoms with Gasteiger partial charge in [0.2, 0.25) is 5.91 Å². The van der Waals surface area contributed by atoms with E-state index in [1.807, 2.05) is 10.9 Å². The number of carbonyl (C=O) groups is 2. The first-order valence-electron chi connectivity index (χ1n) is 8.50. The maximum Gasteiger partial charge on any atom is 0.260 e. The topological polar surface area (TPSA) is 88.9 Å². The molecule has 7 nitrogen and oxygen atoms in total. The lowest BCUT2D eigenvalue weighted by Gasteiger charge is -2.24. The van der Waals surface area contributed by atoms with Gasteiger partial charge in [-0.15, -0.1) is 11.3 Å². The molecule has 3 rings (SSSR count). The quantitative estimate of drug-likeness (QED) is 0.856. The predicted molar refractivity (Wildman–Crippen MR) is 96.9 cm³/mol. The molecule has 0 aromatic carbocycles. The first-order chi connectivity index (χ1) is 11.9. The fourth-order valence-corrected chi connectivity index (χ4v) is 3.74. The highest BCUT2D eigenvalue weighted by molar-refractivity contribution is 7.15. The van der Waals surface area contributed by atoms with Crippen LogP contribution in [0.2, 0.25) is 0 Å². The molecule has 2 amide bonds. The van der Waals surface area contributed by atoms with Gasteiger partial charge in [-0.25, -0.2) is 4.98 Å². The highest BCUT2D eigenvalue weighted by atomic mass is 32.1. The van der Waals surface area contributed by atoms with Crippen LogP contribution in [0.15, 0.2) is 12.4 Å². The Morgan fingerprint density at radius 2 is 2.20 bits per heavy atom. The molecule has 134 valence electrons. The zero-order valence-corrected chi connectivity index (χ0v) is 15.5. The lowest BCUT2D eigenvalue weighted by atomic mass is 9.94. The Labute approximate surface area is 150 Å². The molecule has 3 heterocycles. The molecule has 2 aromatic rings. The molecular weight excluding hydrogens is 338 g/mol. The molecule has 0 saturated carbocycles. The minimum Gasteiger partial charge on any atom is -0.356 e. The van der Waals surface area contributed by atoms with Gasteiger partial charge >= 0.3 is 0 Å². The standard InChI is InChI=1S/C17H23N5O2S/c1-10(2)15-9-19-17(25-15)21-16(24)13-8-20-22-5-4-12(6-14(13)22)7-18-11(3)23/h8-10,12H,4-7H2,1-3H3,(H,18,23)(H,19,21,24). The summed E-state index contributed by atoms with van der Waals surface area (Å²) in [5.74, 6) is 0.515. The summed E-state index contributed by atoms with van der Waals surface area (Å²) in [6.07, 6.45) is 5.11. The largest absolute Gasteiger partial charge is 0.356 e. The Balaban J connectivity index is 1.70. The third kappa shape index (κ3) is 4.07. The Morgan fingerprint density at radius 1 is 1.40 bits per heavy atom. The van der Waals surface area contributed by atoms with Crippen LogP contribution in [0.4, 0.5) is 5.13 Å². The van der Waals surface area contributed by atoms with E-state index in [9.17, 15) is 9.59 Å².